The standard InChI is InChI=1S/C13H18F3NO2/c1-3-6-17(9-13(14,15)16)8-10-7-11(19-2)4-5-12(10)18/h4-5,7,18H,3,6,8-9H2,1-2H3. The van der Waals surface area contributed by atoms with Gasteiger partial charge in [-0.15, -0.1) is 0 Å². The van der Waals surface area contributed by atoms with Crippen molar-refractivity contribution in [2.24, 2.45) is 0 Å². The van der Waals surface area contributed by atoms with Gasteiger partial charge in [-0.2, -0.15) is 13.2 Å². The molecule has 0 atom stereocenters. The van der Waals surface area contributed by atoms with Crippen LogP contribution < -0.4 is 4.74 Å². The molecule has 0 aliphatic rings. The first-order valence-corrected chi connectivity index (χ1v) is 6.00. The molecule has 1 rings (SSSR count). The molecule has 0 saturated carbocycles. The molecule has 0 aliphatic carbocycles. The van der Waals surface area contributed by atoms with Crippen molar-refractivity contribution in [2.75, 3.05) is 20.2 Å². The number of hydrogen-bond donors (Lipinski definition) is 1. The predicted octanol–water partition coefficient (Wildman–Crippen LogP) is 3.18. The van der Waals surface area contributed by atoms with E-state index in [1.807, 2.05) is 6.92 Å². The van der Waals surface area contributed by atoms with Crippen LogP contribution in [0, 0.1) is 0 Å². The summed E-state index contributed by atoms with van der Waals surface area (Å²) >= 11 is 0. The van der Waals surface area contributed by atoms with E-state index in [2.05, 4.69) is 0 Å². The molecular weight excluding hydrogens is 259 g/mol. The SMILES string of the molecule is CCCN(Cc1cc(OC)ccc1O)CC(F)(F)F. The van der Waals surface area contributed by atoms with Crippen LogP contribution in [0.15, 0.2) is 18.2 Å². The first kappa shape index (κ1) is 15.6. The van der Waals surface area contributed by atoms with Crippen LogP contribution in [-0.4, -0.2) is 36.4 Å². The molecule has 3 nitrogen and oxygen atoms in total. The summed E-state index contributed by atoms with van der Waals surface area (Å²) in [6.45, 7) is 1.18. The normalized spacial score (nSPS) is 11.9. The highest BCUT2D eigenvalue weighted by atomic mass is 19.4. The summed E-state index contributed by atoms with van der Waals surface area (Å²) < 4.78 is 42.3. The summed E-state index contributed by atoms with van der Waals surface area (Å²) in [5, 5.41) is 9.68. The van der Waals surface area contributed by atoms with Crippen molar-refractivity contribution < 1.29 is 23.0 Å². The van der Waals surface area contributed by atoms with Crippen LogP contribution in [0.2, 0.25) is 0 Å². The number of nitrogens with zero attached hydrogens (tertiary/aromatic N) is 1. The maximum atomic E-state index is 12.4. The fourth-order valence-electron chi connectivity index (χ4n) is 1.84. The van der Waals surface area contributed by atoms with Crippen LogP contribution >= 0.6 is 0 Å². The molecule has 6 heteroatoms. The van der Waals surface area contributed by atoms with E-state index in [0.29, 0.717) is 24.3 Å². The molecule has 0 saturated heterocycles. The lowest BCUT2D eigenvalue weighted by Gasteiger charge is -2.23. The van der Waals surface area contributed by atoms with Gasteiger partial charge in [-0.25, -0.2) is 0 Å². The molecule has 0 heterocycles. The summed E-state index contributed by atoms with van der Waals surface area (Å²) in [6, 6.07) is 4.53. The number of aromatic hydroxyl groups is 1. The maximum absolute atomic E-state index is 12.4. The molecule has 0 aromatic heterocycles. The Morgan fingerprint density at radius 1 is 1.32 bits per heavy atom. The van der Waals surface area contributed by atoms with Gasteiger partial charge in [-0.05, 0) is 31.2 Å². The number of benzene rings is 1. The molecule has 1 aromatic carbocycles. The van der Waals surface area contributed by atoms with Crippen LogP contribution in [-0.2, 0) is 6.54 Å². The number of halogens is 3. The van der Waals surface area contributed by atoms with Crippen molar-refractivity contribution in [3.8, 4) is 11.5 Å². The zero-order chi connectivity index (χ0) is 14.5. The Balaban J connectivity index is 2.83. The highest BCUT2D eigenvalue weighted by molar-refractivity contribution is 5.39. The van der Waals surface area contributed by atoms with Gasteiger partial charge >= 0.3 is 6.18 Å². The minimum absolute atomic E-state index is 0.0240. The Hall–Kier alpha value is -1.43. The van der Waals surface area contributed by atoms with Gasteiger partial charge in [0.25, 0.3) is 0 Å². The maximum Gasteiger partial charge on any atom is 0.401 e. The molecule has 0 amide bonds. The van der Waals surface area contributed by atoms with Crippen LogP contribution in [0.1, 0.15) is 18.9 Å². The minimum atomic E-state index is -4.25. The number of ether oxygens (including phenoxy) is 1. The summed E-state index contributed by atoms with van der Waals surface area (Å²) in [6.07, 6.45) is -3.63. The second-order valence-electron chi connectivity index (χ2n) is 4.32. The minimum Gasteiger partial charge on any atom is -0.508 e. The Morgan fingerprint density at radius 3 is 2.53 bits per heavy atom. The second-order valence-corrected chi connectivity index (χ2v) is 4.32. The summed E-state index contributed by atoms with van der Waals surface area (Å²) in [4.78, 5) is 1.26. The average Bonchev–Trinajstić information content (AvgIpc) is 2.30. The van der Waals surface area contributed by atoms with E-state index in [1.165, 1.54) is 18.1 Å². The van der Waals surface area contributed by atoms with E-state index in [1.54, 1.807) is 12.1 Å². The van der Waals surface area contributed by atoms with Gasteiger partial charge < -0.3 is 9.84 Å². The van der Waals surface area contributed by atoms with Crippen molar-refractivity contribution in [3.63, 3.8) is 0 Å². The molecule has 0 unspecified atom stereocenters. The van der Waals surface area contributed by atoms with E-state index in [0.717, 1.165) is 0 Å². The highest BCUT2D eigenvalue weighted by Crippen LogP contribution is 2.26. The van der Waals surface area contributed by atoms with Crippen LogP contribution in [0.4, 0.5) is 13.2 Å². The predicted molar refractivity (Wildman–Crippen MR) is 66.3 cm³/mol. The van der Waals surface area contributed by atoms with Crippen molar-refractivity contribution in [1.82, 2.24) is 4.90 Å². The van der Waals surface area contributed by atoms with Gasteiger partial charge in [0, 0.05) is 12.1 Å². The van der Waals surface area contributed by atoms with Crippen molar-refractivity contribution in [2.45, 2.75) is 26.1 Å². The van der Waals surface area contributed by atoms with Crippen LogP contribution in [0.25, 0.3) is 0 Å². The van der Waals surface area contributed by atoms with Gasteiger partial charge in [0.05, 0.1) is 13.7 Å². The molecule has 0 fully saturated rings. The molecule has 0 radical (unpaired) electrons. The number of phenolic OH excluding ortho intramolecular Hbond substituents is 1. The quantitative estimate of drug-likeness (QED) is 0.867. The molecule has 0 bridgehead atoms. The summed E-state index contributed by atoms with van der Waals surface area (Å²) in [5.74, 6) is 0.486. The first-order chi connectivity index (χ1) is 8.85. The summed E-state index contributed by atoms with van der Waals surface area (Å²) in [5.41, 5.74) is 0.428. The lowest BCUT2D eigenvalue weighted by Crippen LogP contribution is -2.34. The van der Waals surface area contributed by atoms with Crippen molar-refractivity contribution in [3.05, 3.63) is 23.8 Å². The van der Waals surface area contributed by atoms with Gasteiger partial charge in [0.15, 0.2) is 0 Å². The number of hydrogen-bond acceptors (Lipinski definition) is 3. The zero-order valence-electron chi connectivity index (χ0n) is 11.0. The lowest BCUT2D eigenvalue weighted by molar-refractivity contribution is -0.147. The fraction of sp³-hybridized carbons (Fsp3) is 0.538. The Kier molecular flexibility index (Phi) is 5.47. The second kappa shape index (κ2) is 6.65. The Bertz CT molecular complexity index is 407. The Morgan fingerprint density at radius 2 is 2.00 bits per heavy atom. The topological polar surface area (TPSA) is 32.7 Å². The van der Waals surface area contributed by atoms with E-state index >= 15 is 0 Å². The number of phenols is 1. The molecule has 0 aliphatic heterocycles. The molecule has 19 heavy (non-hydrogen) atoms. The third kappa shape index (κ3) is 5.38. The third-order valence-corrected chi connectivity index (χ3v) is 2.62. The first-order valence-electron chi connectivity index (χ1n) is 6.00. The van der Waals surface area contributed by atoms with Gasteiger partial charge in [-0.1, -0.05) is 6.92 Å². The third-order valence-electron chi connectivity index (χ3n) is 2.62. The van der Waals surface area contributed by atoms with E-state index in [-0.39, 0.29) is 12.3 Å². The van der Waals surface area contributed by atoms with Crippen molar-refractivity contribution in [1.29, 1.82) is 0 Å². The zero-order valence-corrected chi connectivity index (χ0v) is 11.0. The fourth-order valence-corrected chi connectivity index (χ4v) is 1.84. The number of rotatable bonds is 6. The summed E-state index contributed by atoms with van der Waals surface area (Å²) in [7, 11) is 1.47. The largest absolute Gasteiger partial charge is 0.508 e. The molecular formula is C13H18F3NO2. The Labute approximate surface area is 110 Å². The number of alkyl halides is 3. The van der Waals surface area contributed by atoms with Gasteiger partial charge in [-0.3, -0.25) is 4.90 Å². The smallest absolute Gasteiger partial charge is 0.401 e. The molecule has 1 aromatic rings. The van der Waals surface area contributed by atoms with E-state index < -0.39 is 12.7 Å². The van der Waals surface area contributed by atoms with E-state index in [9.17, 15) is 18.3 Å². The highest BCUT2D eigenvalue weighted by Gasteiger charge is 2.30. The van der Waals surface area contributed by atoms with Crippen molar-refractivity contribution >= 4 is 0 Å². The van der Waals surface area contributed by atoms with Crippen LogP contribution in [0.5, 0.6) is 11.5 Å². The average molecular weight is 277 g/mol. The monoisotopic (exact) mass is 277 g/mol. The van der Waals surface area contributed by atoms with Crippen LogP contribution in [0.3, 0.4) is 0 Å². The molecule has 0 spiro atoms. The molecule has 108 valence electrons. The van der Waals surface area contributed by atoms with Gasteiger partial charge in [0.1, 0.15) is 11.5 Å². The number of methoxy groups -OCH3 is 1. The lowest BCUT2D eigenvalue weighted by atomic mass is 10.1. The van der Waals surface area contributed by atoms with E-state index in [4.69, 9.17) is 4.74 Å². The van der Waals surface area contributed by atoms with Gasteiger partial charge in [0.2, 0.25) is 0 Å². The molecule has 1 N–H and O–H groups in total.